The van der Waals surface area contributed by atoms with Crippen molar-refractivity contribution >= 4 is 49.9 Å². The normalized spacial score (nSPS) is 25.1. The van der Waals surface area contributed by atoms with Gasteiger partial charge in [0.1, 0.15) is 48.1 Å². The molecular weight excluding hydrogens is 1380 g/mol. The molecule has 33 nitrogen and oxygen atoms in total. The number of carbonyl (C=O) groups is 3. The molecule has 5 fully saturated rings. The third kappa shape index (κ3) is 17.6. The smallest absolute Gasteiger partial charge is 0.330 e. The molecule has 9 heterocycles. The van der Waals surface area contributed by atoms with Crippen LogP contribution in [0.4, 0.5) is 5.82 Å². The molecule has 548 valence electrons. The number of fused-ring (bicyclic) bond motifs is 1. The molecule has 5 aliphatic rings. The van der Waals surface area contributed by atoms with Crippen molar-refractivity contribution < 1.29 is 75.9 Å². The van der Waals surface area contributed by atoms with Gasteiger partial charge in [-0.05, 0) is 43.6 Å². The van der Waals surface area contributed by atoms with E-state index in [2.05, 4.69) is 42.0 Å². The number of aliphatic hydroxyl groups is 1. The number of benzene rings is 3. The van der Waals surface area contributed by atoms with Gasteiger partial charge in [-0.25, -0.2) is 19.6 Å². The van der Waals surface area contributed by atoms with E-state index in [1.54, 1.807) is 35.0 Å². The Balaban J connectivity index is 0.761. The number of methoxy groups -OCH3 is 1. The van der Waals surface area contributed by atoms with Crippen molar-refractivity contribution in [1.29, 1.82) is 0 Å². The van der Waals surface area contributed by atoms with Crippen molar-refractivity contribution in [3.63, 3.8) is 0 Å². The number of anilines is 1. The van der Waals surface area contributed by atoms with Gasteiger partial charge in [-0.3, -0.25) is 62.0 Å². The van der Waals surface area contributed by atoms with E-state index in [9.17, 15) is 57.6 Å². The largest absolute Gasteiger partial charge is 0.442 e. The first-order chi connectivity index (χ1) is 49.4. The summed E-state index contributed by atoms with van der Waals surface area (Å²) in [5, 5.41) is 14.5. The molecule has 3 aromatic carbocycles. The van der Waals surface area contributed by atoms with Crippen molar-refractivity contribution in [3.8, 4) is 34.1 Å². The molecule has 35 heteroatoms. The number of H-pyrrole nitrogens is 2. The number of hydrogen-bond donors (Lipinski definition) is 8. The topological polar surface area (TPSA) is 434 Å². The van der Waals surface area contributed by atoms with Crippen LogP contribution in [0.15, 0.2) is 123 Å². The Kier molecular flexibility index (Phi) is 23.1. The van der Waals surface area contributed by atoms with Crippen LogP contribution in [0.5, 0.6) is 0 Å². The van der Waals surface area contributed by atoms with Gasteiger partial charge in [-0.1, -0.05) is 90.7 Å². The number of esters is 2. The maximum Gasteiger partial charge on any atom is 0.330 e. The van der Waals surface area contributed by atoms with E-state index < -0.39 is 137 Å². The summed E-state index contributed by atoms with van der Waals surface area (Å²) in [7, 11) is -4.28. The number of nitrogens with two attached hydrogens (primary N) is 2. The SMILES string of the molecule is COC[C@H]1O[C@@H](n2cc(C#CCNC(=O)CN)c(=O)[nH]c2=O)C[C@@H]1CP(=O)(O)OC[C@H]1O[C@@H](n2cc(-c3ccc(C4OC(=O)CCN4CCN(C)C)cc3)c(=O)[nH]c2=O)C[C@@H]1CP(=O)(O)OC[C@H]1O[C@@H](n2cc(-c3ccc(C4OC(=O)CCN4Cc4ccccc4)cc3)c3c(N)ncnc32)C[C@@H]1O. The average molecular weight is 1460 g/mol. The summed E-state index contributed by atoms with van der Waals surface area (Å²) in [5.74, 6) is 2.34. The van der Waals surface area contributed by atoms with Gasteiger partial charge in [0.2, 0.25) is 5.91 Å². The second-order valence-electron chi connectivity index (χ2n) is 26.2. The maximum absolute atomic E-state index is 14.5. The summed E-state index contributed by atoms with van der Waals surface area (Å²) in [6, 6.07) is 24.0. The lowest BCUT2D eigenvalue weighted by Gasteiger charge is -2.35. The third-order valence-electron chi connectivity index (χ3n) is 18.8. The second kappa shape index (κ2) is 32.2. The summed E-state index contributed by atoms with van der Waals surface area (Å²) >= 11 is 0. The van der Waals surface area contributed by atoms with Crippen LogP contribution in [0.3, 0.4) is 0 Å². The molecule has 5 aliphatic heterocycles. The van der Waals surface area contributed by atoms with Crippen LogP contribution < -0.4 is 39.3 Å². The number of carbonyl (C=O) groups excluding carboxylic acids is 3. The van der Waals surface area contributed by atoms with Crippen LogP contribution in [0.2, 0.25) is 0 Å². The van der Waals surface area contributed by atoms with E-state index in [-0.39, 0.29) is 80.7 Å². The van der Waals surface area contributed by atoms with Gasteiger partial charge in [0.25, 0.3) is 11.1 Å². The number of hydrogen-bond acceptors (Lipinski definition) is 25. The Morgan fingerprint density at radius 2 is 1.24 bits per heavy atom. The average Bonchev–Trinajstić information content (AvgIpc) is 1.62. The van der Waals surface area contributed by atoms with Crippen molar-refractivity contribution in [2.75, 3.05) is 98.4 Å². The zero-order valence-electron chi connectivity index (χ0n) is 56.6. The fourth-order valence-corrected chi connectivity index (χ4v) is 16.4. The van der Waals surface area contributed by atoms with Crippen molar-refractivity contribution in [3.05, 3.63) is 168 Å². The fourth-order valence-electron chi connectivity index (χ4n) is 13.5. The molecule has 0 saturated carbocycles. The van der Waals surface area contributed by atoms with Crippen LogP contribution in [0.25, 0.3) is 33.3 Å². The number of likely N-dealkylation sites (N-methyl/N-ethyl adjacent to an activating group) is 1. The Morgan fingerprint density at radius 3 is 1.85 bits per heavy atom. The Bertz CT molecular complexity index is 4660. The van der Waals surface area contributed by atoms with E-state index in [0.717, 1.165) is 20.3 Å². The Hall–Kier alpha value is -8.65. The van der Waals surface area contributed by atoms with E-state index >= 15 is 0 Å². The molecule has 10 N–H and O–H groups in total. The zero-order chi connectivity index (χ0) is 72.9. The first kappa shape index (κ1) is 74.1. The van der Waals surface area contributed by atoms with Gasteiger partial charge in [-0.2, -0.15) is 0 Å². The highest BCUT2D eigenvalue weighted by molar-refractivity contribution is 7.53. The van der Waals surface area contributed by atoms with Crippen LogP contribution in [0, 0.1) is 23.7 Å². The van der Waals surface area contributed by atoms with Crippen LogP contribution in [0.1, 0.15) is 85.5 Å². The van der Waals surface area contributed by atoms with E-state index in [1.165, 1.54) is 25.8 Å². The van der Waals surface area contributed by atoms with Gasteiger partial charge >= 0.3 is 38.5 Å². The number of nitrogens with one attached hydrogen (secondary N) is 3. The second-order valence-corrected chi connectivity index (χ2v) is 30.0. The number of rotatable bonds is 26. The molecule has 4 unspecified atom stereocenters. The molecule has 0 radical (unpaired) electrons. The lowest BCUT2D eigenvalue weighted by Crippen LogP contribution is -2.42. The summed E-state index contributed by atoms with van der Waals surface area (Å²) in [4.78, 5) is 133. The maximum atomic E-state index is 14.5. The van der Waals surface area contributed by atoms with Gasteiger partial charge in [0.05, 0.1) is 87.3 Å². The molecule has 103 heavy (non-hydrogen) atoms. The quantitative estimate of drug-likeness (QED) is 0.0219. The number of cyclic esters (lactones) is 2. The Labute approximate surface area is 589 Å². The molecule has 12 rings (SSSR count). The minimum atomic E-state index is -4.79. The first-order valence-corrected chi connectivity index (χ1v) is 37.0. The van der Waals surface area contributed by atoms with Crippen molar-refractivity contribution in [2.24, 2.45) is 17.6 Å². The Morgan fingerprint density at radius 1 is 0.699 bits per heavy atom. The van der Waals surface area contributed by atoms with Crippen molar-refractivity contribution in [1.82, 2.24) is 53.7 Å². The summed E-state index contributed by atoms with van der Waals surface area (Å²) in [5.41, 5.74) is 12.9. The number of nitrogens with zero attached hydrogens (tertiary/aromatic N) is 8. The number of amides is 1. The highest BCUT2D eigenvalue weighted by atomic mass is 31.2. The molecule has 0 spiro atoms. The number of nitrogen functional groups attached to an aromatic ring is 1. The van der Waals surface area contributed by atoms with Crippen LogP contribution in [-0.4, -0.2) is 198 Å². The van der Waals surface area contributed by atoms with Gasteiger partial charge in [0.15, 0.2) is 12.5 Å². The van der Waals surface area contributed by atoms with Gasteiger partial charge < -0.3 is 78.6 Å². The molecular formula is C68H81N13O20P2. The highest BCUT2D eigenvalue weighted by Gasteiger charge is 2.46. The minimum absolute atomic E-state index is 0.0224. The molecule has 1 amide bonds. The van der Waals surface area contributed by atoms with Crippen LogP contribution >= 0.6 is 15.2 Å². The van der Waals surface area contributed by atoms with E-state index in [0.29, 0.717) is 66.0 Å². The molecule has 7 aromatic rings. The number of aliphatic hydroxyl groups excluding tert-OH is 1. The summed E-state index contributed by atoms with van der Waals surface area (Å²) < 4.78 is 80.4. The van der Waals surface area contributed by atoms with E-state index in [4.69, 9.17) is 48.9 Å². The fraction of sp³-hybridized carbons (Fsp3) is 0.456. The highest BCUT2D eigenvalue weighted by Crippen LogP contribution is 2.53. The number of aromatic amines is 2. The lowest BCUT2D eigenvalue weighted by molar-refractivity contribution is -0.172. The molecule has 0 aliphatic carbocycles. The molecule has 5 saturated heterocycles. The zero-order valence-corrected chi connectivity index (χ0v) is 58.4. The standard InChI is InChI=1S/C68H81N13O20P2/c1-76(2)24-25-77-22-19-58(84)100-65(77)43-17-13-42(14-18-43)49-33-81(68(89)75-64(49)87)56-27-47(52(98-56)35-95-102(90,91)37-46-26-55(97-51(46)34-94-3)80-31-45(63(86)74-67(80)88)10-7-21-71-54(83)29-69)38-103(92,93)96-36-53-50(82)28-57(99-53)79-32-48(60-61(70)72-39-73-62(60)79)41-11-15-44(16-12-41)66-78(23-20-59(85)101-66)30-40-8-5-4-6-9-40/h4-6,8-9,11-18,31-33,39,46-47,50-53,55-57,65-66,82H,19-30,34-38,69H2,1-3H3,(H,71,83)(H,90,91)(H,92,93)(H2,70,72,73)(H,74,86,88)(H,75,87,89)/t46-,47-,50+,51-,52-,53-,55-,56-,57-,65?,66?/m1/s1. The van der Waals surface area contributed by atoms with Crippen LogP contribution in [-0.2, 0) is 67.5 Å². The molecule has 4 aromatic heterocycles. The molecule has 13 atom stereocenters. The van der Waals surface area contributed by atoms with Crippen molar-refractivity contribution in [2.45, 2.75) is 94.2 Å². The van der Waals surface area contributed by atoms with Gasteiger partial charge in [0, 0.05) is 93.4 Å². The number of aromatic nitrogens is 7. The minimum Gasteiger partial charge on any atom is -0.442 e. The lowest BCUT2D eigenvalue weighted by atomic mass is 10.0. The predicted molar refractivity (Wildman–Crippen MR) is 370 cm³/mol. The summed E-state index contributed by atoms with van der Waals surface area (Å²) in [6.07, 6.45) is -4.86. The monoisotopic (exact) mass is 1460 g/mol. The van der Waals surface area contributed by atoms with Gasteiger partial charge in [-0.15, -0.1) is 0 Å². The predicted octanol–water partition coefficient (Wildman–Crippen LogP) is 2.64. The third-order valence-corrected chi connectivity index (χ3v) is 21.8. The number of ether oxygens (including phenoxy) is 6. The first-order valence-electron chi connectivity index (χ1n) is 33.5. The molecule has 0 bridgehead atoms. The van der Waals surface area contributed by atoms with E-state index in [1.807, 2.05) is 78.5 Å². The summed E-state index contributed by atoms with van der Waals surface area (Å²) in [6.45, 7) is 0.992.